The monoisotopic (exact) mass is 1940 g/mol. The van der Waals surface area contributed by atoms with Crippen LogP contribution in [0.5, 0.6) is 0 Å². The number of aliphatic hydroxyl groups excluding tert-OH is 10. The quantitative estimate of drug-likeness (QED) is 0.00673. The maximum Gasteiger partial charge on any atom is 1.00 e. The first kappa shape index (κ1) is 125. The zero-order valence-corrected chi connectivity index (χ0v) is 75.9. The molecule has 30 nitrogen and oxygen atoms in total. The van der Waals surface area contributed by atoms with E-state index in [-0.39, 0.29) is 70.0 Å². The van der Waals surface area contributed by atoms with E-state index in [1.807, 2.05) is 0 Å². The van der Waals surface area contributed by atoms with Crippen molar-refractivity contribution in [2.75, 3.05) is 313 Å². The van der Waals surface area contributed by atoms with Crippen molar-refractivity contribution in [2.45, 2.75) is 37.9 Å². The fourth-order valence-electron chi connectivity index (χ4n) is 7.05. The van der Waals surface area contributed by atoms with E-state index in [0.29, 0.717) is 280 Å². The van der Waals surface area contributed by atoms with Gasteiger partial charge in [-0.05, 0) is 0 Å². The molecule has 108 heavy (non-hydrogen) atoms. The van der Waals surface area contributed by atoms with Crippen LogP contribution in [-0.2, 0) is 76.0 Å². The molecular weight excluding hydrogens is 1820 g/mol. The van der Waals surface area contributed by atoms with Crippen LogP contribution in [0.4, 0.5) is 0 Å². The van der Waals surface area contributed by atoms with Crippen LogP contribution >= 0.6 is 153 Å². The second-order valence-electron chi connectivity index (χ2n) is 21.9. The summed E-state index contributed by atoms with van der Waals surface area (Å²) in [5, 5.41) is 90.3. The van der Waals surface area contributed by atoms with E-state index < -0.39 is 66.9 Å². The third-order valence-corrected chi connectivity index (χ3v) is 20.7. The maximum atomic E-state index is 10.5. The molecule has 0 aromatic heterocycles. The number of hydrogen-bond acceptors (Lipinski definition) is 39. The number of carbonyl (C=O) groups excluding carboxylic acids is 4. The molecule has 0 aromatic carbocycles. The minimum atomic E-state index is -5.94. The number of ether oxygens (including phenoxy) is 12. The van der Waals surface area contributed by atoms with Gasteiger partial charge < -0.3 is 127 Å². The van der Waals surface area contributed by atoms with Crippen LogP contribution in [0.2, 0.25) is 0 Å². The number of aliphatic hydroxyl groups is 10. The van der Waals surface area contributed by atoms with E-state index in [9.17, 15) is 39.6 Å². The zero-order chi connectivity index (χ0) is 80.2. The third kappa shape index (κ3) is 96.8. The van der Waals surface area contributed by atoms with E-state index in [1.54, 1.807) is 0 Å². The summed E-state index contributed by atoms with van der Waals surface area (Å²) in [6.07, 6.45) is -0.213. The summed E-state index contributed by atoms with van der Waals surface area (Å²) in [7, 11) is 0. The average Bonchev–Trinajstić information content (AvgIpc) is 0.881. The Morgan fingerprint density at radius 3 is 0.583 bits per heavy atom. The Kier molecular flexibility index (Phi) is 113. The fourth-order valence-corrected chi connectivity index (χ4v) is 12.7. The molecule has 0 amide bonds. The molecule has 0 spiro atoms. The number of thioether (sulfide) groups is 8. The molecule has 0 bridgehead atoms. The normalized spacial score (nSPS) is 13.4. The fraction of sp³-hybridized carbons (Fsp3) is 0.937. The molecule has 5 atom stereocenters. The molecule has 0 fully saturated rings. The number of alkyl halides is 4. The van der Waals surface area contributed by atoms with Gasteiger partial charge >= 0.3 is 29.6 Å². The standard InChI is InChI=1S/C25H52O12S4.C21H36O8S4.C13H24Cl4O4.C3H8O2S.CH4.IO4.Na/c26-9-21(30)13-38-5-1-34-17-25(18-35-2-6-39-14-22(31)10-27,19-36-3-7-40-15-23(32)11-28)20-37-4-8-41-16-24(33)12-29;22-1-9-30-13-5-26-17-21(18-27-6-14-31-10-2-23,19-28-7-15-32-11-3-24)20-29-8-16-33-12-4-25;14-1-5-18-9-13(10-19-6-2-15,11-20-7-3-16)12-21-8-4-17;4-1-3(5)2-6;;2-1(3,4)5;/h21-24,26-33H,1-20H2;1-4H,5-20H2;1-12H2;3-6H,1-2H2;1H4;;/q;;;;;-1;+1. The Balaban J connectivity index is -0.000000271. The Hall–Kier alpha value is 3.68. The van der Waals surface area contributed by atoms with Gasteiger partial charge in [0, 0.05) is 121 Å². The van der Waals surface area contributed by atoms with Gasteiger partial charge in [-0.25, -0.2) is 0 Å². The predicted molar refractivity (Wildman–Crippen MR) is 429 cm³/mol. The van der Waals surface area contributed by atoms with Crippen molar-refractivity contribution in [3.63, 3.8) is 0 Å². The van der Waals surface area contributed by atoms with Crippen LogP contribution in [0.3, 0.4) is 0 Å². The summed E-state index contributed by atoms with van der Waals surface area (Å²) in [5.41, 5.74) is -1.57. The second kappa shape index (κ2) is 97.8. The van der Waals surface area contributed by atoms with Crippen molar-refractivity contribution in [1.29, 1.82) is 0 Å². The molecule has 10 N–H and O–H groups in total. The molecule has 0 aliphatic rings. The summed E-state index contributed by atoms with van der Waals surface area (Å²) in [6, 6.07) is 0. The van der Waals surface area contributed by atoms with Gasteiger partial charge in [0.25, 0.3) is 0 Å². The van der Waals surface area contributed by atoms with Gasteiger partial charge in [-0.15, -0.1) is 46.4 Å². The van der Waals surface area contributed by atoms with E-state index in [1.165, 1.54) is 94.1 Å². The summed E-state index contributed by atoms with van der Waals surface area (Å²) < 4.78 is 104. The number of aldehydes is 4. The van der Waals surface area contributed by atoms with Crippen LogP contribution in [0, 0.1) is 16.2 Å². The zero-order valence-electron chi connectivity index (χ0n) is 61.3. The Morgan fingerprint density at radius 2 is 0.463 bits per heavy atom. The van der Waals surface area contributed by atoms with Crippen molar-refractivity contribution < 1.29 is 190 Å². The van der Waals surface area contributed by atoms with Gasteiger partial charge in [0.05, 0.1) is 238 Å². The van der Waals surface area contributed by atoms with Crippen molar-refractivity contribution in [3.8, 4) is 0 Å². The summed E-state index contributed by atoms with van der Waals surface area (Å²) >= 11 is 32.3. The van der Waals surface area contributed by atoms with Crippen LogP contribution in [-0.4, -0.2) is 420 Å². The molecule has 0 radical (unpaired) electrons. The Labute approximate surface area is 728 Å². The number of halogens is 5. The second-order valence-corrected chi connectivity index (χ2v) is 35.1. The minimum Gasteiger partial charge on any atom is -0.394 e. The molecule has 0 saturated carbocycles. The van der Waals surface area contributed by atoms with E-state index in [4.69, 9.17) is 148 Å². The van der Waals surface area contributed by atoms with Crippen molar-refractivity contribution in [3.05, 3.63) is 0 Å². The predicted octanol–water partition coefficient (Wildman–Crippen LogP) is -7.70. The third-order valence-electron chi connectivity index (χ3n) is 12.0. The molecule has 5 unspecified atom stereocenters. The molecule has 0 aliphatic heterocycles. The van der Waals surface area contributed by atoms with Crippen molar-refractivity contribution in [2.24, 2.45) is 16.2 Å². The number of carbonyl (C=O) groups is 4. The minimum absolute atomic E-state index is 0. The Morgan fingerprint density at radius 1 is 0.315 bits per heavy atom. The molecule has 0 rings (SSSR count). The van der Waals surface area contributed by atoms with Gasteiger partial charge in [-0.3, -0.25) is 13.7 Å². The van der Waals surface area contributed by atoms with E-state index >= 15 is 0 Å². The van der Waals surface area contributed by atoms with E-state index in [2.05, 4.69) is 12.6 Å². The van der Waals surface area contributed by atoms with Gasteiger partial charge in [-0.1, -0.05) is 7.43 Å². The van der Waals surface area contributed by atoms with Crippen LogP contribution in [0.25, 0.3) is 0 Å². The first-order chi connectivity index (χ1) is 51.1. The van der Waals surface area contributed by atoms with E-state index in [0.717, 1.165) is 25.1 Å². The number of hydrogen-bond donors (Lipinski definition) is 11. The summed E-state index contributed by atoms with van der Waals surface area (Å²) in [4.78, 5) is 41.8. The van der Waals surface area contributed by atoms with Gasteiger partial charge in [0.1, 0.15) is 45.2 Å². The van der Waals surface area contributed by atoms with Crippen molar-refractivity contribution in [1.82, 2.24) is 0 Å². The first-order valence-electron chi connectivity index (χ1n) is 33.3. The Bertz CT molecular complexity index is 1590. The molecule has 646 valence electrons. The van der Waals surface area contributed by atoms with Gasteiger partial charge in [-0.2, -0.15) is 107 Å². The smallest absolute Gasteiger partial charge is 0.394 e. The summed E-state index contributed by atoms with van der Waals surface area (Å²) in [6.45, 7) is 8.56. The number of thiol groups is 1. The molecule has 0 aromatic rings. The number of rotatable bonds is 78. The first-order valence-corrected chi connectivity index (χ1v) is 48.9. The molecule has 0 aliphatic carbocycles. The van der Waals surface area contributed by atoms with Crippen molar-refractivity contribution >= 4 is 178 Å². The molecule has 45 heteroatoms. The maximum absolute atomic E-state index is 10.5. The average molecular weight is 1940 g/mol. The SMILES string of the molecule is C.ClCCOCC(COCCCl)(COCCCl)COCCCl.O=CCSCCOCC(COCCSCC=O)(COCCSCC=O)COCCSCC=O.OCC(O)CS.OCC(O)CSCCOCC(COCCSCC(O)CO)(COCCSCC(O)CO)COCCSCC(O)CO.[Na+].[O-][I+3]([O-])([O-])[O-]. The van der Waals surface area contributed by atoms with Gasteiger partial charge in [0.15, 0.2) is 0 Å². The van der Waals surface area contributed by atoms with Gasteiger partial charge in [0.2, 0.25) is 0 Å². The topological polar surface area (TPSA) is 474 Å². The molecule has 0 heterocycles. The van der Waals surface area contributed by atoms with Crippen LogP contribution < -0.4 is 63.4 Å². The molecular formula is C63H124Cl4INaO30S9. The molecule has 0 saturated heterocycles. The van der Waals surface area contributed by atoms with Crippen LogP contribution in [0.15, 0.2) is 0 Å². The largest absolute Gasteiger partial charge is 1.00 e. The van der Waals surface area contributed by atoms with Crippen LogP contribution in [0.1, 0.15) is 7.43 Å². The summed E-state index contributed by atoms with van der Waals surface area (Å²) in [5.74, 6) is 10.9.